The lowest BCUT2D eigenvalue weighted by Gasteiger charge is -2.29. The first-order valence-corrected chi connectivity index (χ1v) is 13.1. The molecular formula is C27H32FN9O2. The molecule has 204 valence electrons. The molecule has 2 aliphatic heterocycles. The zero-order chi connectivity index (χ0) is 27.1. The average Bonchev–Trinajstić information content (AvgIpc) is 3.71. The summed E-state index contributed by atoms with van der Waals surface area (Å²) in [6, 6.07) is 5.86. The first kappa shape index (κ1) is 25.3. The number of amides is 1. The molecule has 2 unspecified atom stereocenters. The summed E-state index contributed by atoms with van der Waals surface area (Å²) < 4.78 is 21.9. The van der Waals surface area contributed by atoms with Gasteiger partial charge in [0.25, 0.3) is 5.88 Å². The fourth-order valence-electron chi connectivity index (χ4n) is 5.80. The van der Waals surface area contributed by atoms with Crippen LogP contribution in [0.5, 0.6) is 5.88 Å². The van der Waals surface area contributed by atoms with Crippen molar-refractivity contribution < 1.29 is 13.9 Å². The van der Waals surface area contributed by atoms with E-state index in [-0.39, 0.29) is 23.6 Å². The number of nitrogens with one attached hydrogen (secondary N) is 3. The number of carbonyl (C=O) groups is 1. The SMILES string of the molecule is COc1nn(C)cc1Nc1ncc(F)c(-c2c[nH]c3c(NC(=O)C4CCCN4C4CCN(C)C4)cccc23)n1. The lowest BCUT2D eigenvalue weighted by Crippen LogP contribution is -2.46. The molecule has 0 aliphatic carbocycles. The Bertz CT molecular complexity index is 1520. The van der Waals surface area contributed by atoms with Gasteiger partial charge in [-0.3, -0.25) is 14.4 Å². The van der Waals surface area contributed by atoms with Crippen molar-refractivity contribution in [3.63, 3.8) is 0 Å². The first-order valence-electron chi connectivity index (χ1n) is 13.1. The lowest BCUT2D eigenvalue weighted by molar-refractivity contribution is -0.121. The Morgan fingerprint density at radius 2 is 2.08 bits per heavy atom. The van der Waals surface area contributed by atoms with Gasteiger partial charge >= 0.3 is 0 Å². The second-order valence-corrected chi connectivity index (χ2v) is 10.3. The number of benzene rings is 1. The monoisotopic (exact) mass is 533 g/mol. The molecule has 6 rings (SSSR count). The summed E-state index contributed by atoms with van der Waals surface area (Å²) in [4.78, 5) is 29.9. The number of likely N-dealkylation sites (N-methyl/N-ethyl adjacent to an activating group) is 1. The van der Waals surface area contributed by atoms with Crippen LogP contribution in [0, 0.1) is 5.82 Å². The Hall–Kier alpha value is -4.03. The lowest BCUT2D eigenvalue weighted by atomic mass is 10.1. The number of methoxy groups -OCH3 is 1. The third kappa shape index (κ3) is 4.81. The second-order valence-electron chi connectivity index (χ2n) is 10.3. The van der Waals surface area contributed by atoms with Crippen LogP contribution in [0.25, 0.3) is 22.2 Å². The smallest absolute Gasteiger partial charge is 0.256 e. The van der Waals surface area contributed by atoms with Gasteiger partial charge in [-0.15, -0.1) is 5.10 Å². The quantitative estimate of drug-likeness (QED) is 0.331. The maximum Gasteiger partial charge on any atom is 0.256 e. The predicted molar refractivity (Wildman–Crippen MR) is 147 cm³/mol. The van der Waals surface area contributed by atoms with Crippen molar-refractivity contribution in [2.24, 2.45) is 7.05 Å². The molecular weight excluding hydrogens is 501 g/mol. The number of anilines is 3. The zero-order valence-corrected chi connectivity index (χ0v) is 22.2. The Morgan fingerprint density at radius 1 is 1.21 bits per heavy atom. The van der Waals surface area contributed by atoms with Crippen LogP contribution in [0.15, 0.2) is 36.8 Å². The largest absolute Gasteiger partial charge is 0.478 e. The fourth-order valence-corrected chi connectivity index (χ4v) is 5.80. The number of hydrogen-bond donors (Lipinski definition) is 3. The normalized spacial score (nSPS) is 20.1. The highest BCUT2D eigenvalue weighted by Crippen LogP contribution is 2.34. The number of halogens is 1. The van der Waals surface area contributed by atoms with E-state index < -0.39 is 5.82 Å². The first-order chi connectivity index (χ1) is 18.9. The number of ether oxygens (including phenoxy) is 1. The number of likely N-dealkylation sites (tertiary alicyclic amines) is 2. The molecule has 1 amide bonds. The van der Waals surface area contributed by atoms with E-state index in [2.05, 4.69) is 47.5 Å². The molecule has 39 heavy (non-hydrogen) atoms. The third-order valence-electron chi connectivity index (χ3n) is 7.64. The predicted octanol–water partition coefficient (Wildman–Crippen LogP) is 3.36. The van der Waals surface area contributed by atoms with Crippen molar-refractivity contribution in [2.45, 2.75) is 31.3 Å². The molecule has 4 aromatic rings. The second kappa shape index (κ2) is 10.3. The molecule has 11 nitrogen and oxygen atoms in total. The third-order valence-corrected chi connectivity index (χ3v) is 7.64. The van der Waals surface area contributed by atoms with E-state index in [1.165, 1.54) is 7.11 Å². The molecule has 2 saturated heterocycles. The molecule has 0 saturated carbocycles. The van der Waals surface area contributed by atoms with Crippen molar-refractivity contribution in [1.29, 1.82) is 0 Å². The van der Waals surface area contributed by atoms with Crippen molar-refractivity contribution in [2.75, 3.05) is 44.4 Å². The number of aromatic amines is 1. The number of para-hydroxylation sites is 1. The number of fused-ring (bicyclic) bond motifs is 1. The summed E-state index contributed by atoms with van der Waals surface area (Å²) in [5.41, 5.74) is 2.64. The van der Waals surface area contributed by atoms with Crippen molar-refractivity contribution >= 4 is 34.1 Å². The number of H-pyrrole nitrogens is 1. The minimum absolute atomic E-state index is 0.00387. The molecule has 2 aliphatic rings. The van der Waals surface area contributed by atoms with Crippen LogP contribution in [0.1, 0.15) is 19.3 Å². The average molecular weight is 534 g/mol. The minimum Gasteiger partial charge on any atom is -0.478 e. The number of carbonyl (C=O) groups excluding carboxylic acids is 1. The summed E-state index contributed by atoms with van der Waals surface area (Å²) >= 11 is 0. The summed E-state index contributed by atoms with van der Waals surface area (Å²) in [6.07, 6.45) is 7.52. The molecule has 5 heterocycles. The van der Waals surface area contributed by atoms with Crippen molar-refractivity contribution in [3.8, 4) is 17.1 Å². The van der Waals surface area contributed by atoms with Gasteiger partial charge in [0.15, 0.2) is 5.82 Å². The van der Waals surface area contributed by atoms with E-state index in [1.54, 1.807) is 24.1 Å². The van der Waals surface area contributed by atoms with E-state index >= 15 is 0 Å². The maximum atomic E-state index is 15.0. The van der Waals surface area contributed by atoms with E-state index in [0.717, 1.165) is 50.5 Å². The highest BCUT2D eigenvalue weighted by Gasteiger charge is 2.37. The minimum atomic E-state index is -0.558. The van der Waals surface area contributed by atoms with E-state index in [4.69, 9.17) is 4.74 Å². The van der Waals surface area contributed by atoms with E-state index in [1.807, 2.05) is 18.2 Å². The van der Waals surface area contributed by atoms with Crippen LogP contribution >= 0.6 is 0 Å². The van der Waals surface area contributed by atoms with Gasteiger partial charge in [0.05, 0.1) is 36.7 Å². The molecule has 12 heteroatoms. The van der Waals surface area contributed by atoms with Crippen molar-refractivity contribution in [1.82, 2.24) is 34.5 Å². The van der Waals surface area contributed by atoms with Crippen LogP contribution in [0.3, 0.4) is 0 Å². The van der Waals surface area contributed by atoms with Gasteiger partial charge in [0, 0.05) is 36.8 Å². The van der Waals surface area contributed by atoms with Crippen LogP contribution in [-0.2, 0) is 11.8 Å². The summed E-state index contributed by atoms with van der Waals surface area (Å²) in [7, 11) is 5.42. The molecule has 3 aromatic heterocycles. The highest BCUT2D eigenvalue weighted by atomic mass is 19.1. The maximum absolute atomic E-state index is 15.0. The van der Waals surface area contributed by atoms with Crippen LogP contribution in [0.4, 0.5) is 21.7 Å². The fraction of sp³-hybridized carbons (Fsp3) is 0.407. The molecule has 1 aromatic carbocycles. The highest BCUT2D eigenvalue weighted by molar-refractivity contribution is 6.06. The van der Waals surface area contributed by atoms with Gasteiger partial charge in [0.1, 0.15) is 11.4 Å². The molecule has 0 spiro atoms. The Balaban J connectivity index is 1.26. The number of aromatic nitrogens is 5. The summed E-state index contributed by atoms with van der Waals surface area (Å²) in [5, 5.41) is 11.1. The van der Waals surface area contributed by atoms with E-state index in [0.29, 0.717) is 34.4 Å². The Morgan fingerprint density at radius 3 is 2.87 bits per heavy atom. The standard InChI is InChI=1S/C27H32FN9O2/c1-35-11-9-16(14-35)37-10-5-8-22(37)25(38)31-20-7-4-6-17-18(12-29-24(17)20)23-19(28)13-30-27(33-23)32-21-15-36(2)34-26(21)39-3/h4,6-7,12-13,15-16,22,29H,5,8-11,14H2,1-3H3,(H,31,38)(H,30,32,33). The van der Waals surface area contributed by atoms with Gasteiger partial charge in [0.2, 0.25) is 11.9 Å². The molecule has 0 radical (unpaired) electrons. The van der Waals surface area contributed by atoms with Crippen LogP contribution in [0.2, 0.25) is 0 Å². The number of hydrogen-bond acceptors (Lipinski definition) is 8. The molecule has 3 N–H and O–H groups in total. The molecule has 2 fully saturated rings. The van der Waals surface area contributed by atoms with Gasteiger partial charge < -0.3 is 25.3 Å². The molecule has 0 bridgehead atoms. The van der Waals surface area contributed by atoms with Gasteiger partial charge in [-0.05, 0) is 45.5 Å². The summed E-state index contributed by atoms with van der Waals surface area (Å²) in [6.45, 7) is 3.00. The topological polar surface area (TPSA) is 116 Å². The summed E-state index contributed by atoms with van der Waals surface area (Å²) in [5.74, 6) is 0.0172. The van der Waals surface area contributed by atoms with Crippen LogP contribution < -0.4 is 15.4 Å². The Labute approximate surface area is 225 Å². The van der Waals surface area contributed by atoms with Crippen LogP contribution in [-0.4, -0.2) is 86.3 Å². The van der Waals surface area contributed by atoms with Gasteiger partial charge in [-0.2, -0.15) is 0 Å². The number of aryl methyl sites for hydroxylation is 1. The number of nitrogens with zero attached hydrogens (tertiary/aromatic N) is 6. The Kier molecular flexibility index (Phi) is 6.65. The van der Waals surface area contributed by atoms with Gasteiger partial charge in [-0.1, -0.05) is 12.1 Å². The molecule has 2 atom stereocenters. The number of rotatable bonds is 7. The van der Waals surface area contributed by atoms with E-state index in [9.17, 15) is 9.18 Å². The van der Waals surface area contributed by atoms with Crippen molar-refractivity contribution in [3.05, 3.63) is 42.6 Å². The zero-order valence-electron chi connectivity index (χ0n) is 22.2. The van der Waals surface area contributed by atoms with Gasteiger partial charge in [-0.25, -0.2) is 14.4 Å².